The second-order valence-electron chi connectivity index (χ2n) is 11.3. The number of pyridine rings is 1. The summed E-state index contributed by atoms with van der Waals surface area (Å²) >= 11 is 0. The molecule has 5 aromatic rings. The van der Waals surface area contributed by atoms with Gasteiger partial charge in [-0.15, -0.1) is 0 Å². The number of nitrogens with one attached hydrogen (secondary N) is 2. The van der Waals surface area contributed by atoms with Gasteiger partial charge in [-0.2, -0.15) is 0 Å². The molecule has 0 unspecified atom stereocenters. The highest BCUT2D eigenvalue weighted by Gasteiger charge is 2.20. The summed E-state index contributed by atoms with van der Waals surface area (Å²) < 4.78 is 10.9. The molecule has 0 radical (unpaired) electrons. The molecule has 3 N–H and O–H groups in total. The third kappa shape index (κ3) is 7.08. The monoisotopic (exact) mass is 630 g/mol. The molecule has 0 atom stereocenters. The van der Waals surface area contributed by atoms with E-state index >= 15 is 0 Å². The number of carboxylic acid groups (broad SMARTS) is 1. The van der Waals surface area contributed by atoms with Gasteiger partial charge in [0.2, 0.25) is 0 Å². The van der Waals surface area contributed by atoms with Crippen LogP contribution in [0.5, 0.6) is 11.5 Å². The van der Waals surface area contributed by atoms with E-state index in [2.05, 4.69) is 32.7 Å². The molecule has 0 aliphatic carbocycles. The van der Waals surface area contributed by atoms with Gasteiger partial charge in [-0.1, -0.05) is 18.2 Å². The van der Waals surface area contributed by atoms with Crippen molar-refractivity contribution in [3.63, 3.8) is 0 Å². The van der Waals surface area contributed by atoms with E-state index in [1.165, 1.54) is 29.3 Å². The van der Waals surface area contributed by atoms with Crippen molar-refractivity contribution in [2.24, 2.45) is 0 Å². The summed E-state index contributed by atoms with van der Waals surface area (Å²) in [6.45, 7) is 2.69. The van der Waals surface area contributed by atoms with E-state index in [1.54, 1.807) is 44.7 Å². The van der Waals surface area contributed by atoms with Crippen LogP contribution < -0.4 is 20.1 Å². The van der Waals surface area contributed by atoms with Crippen LogP contribution in [0.2, 0.25) is 0 Å². The number of carbonyl (C=O) groups is 3. The molecule has 1 aliphatic heterocycles. The normalized spacial score (nSPS) is 12.6. The highest BCUT2D eigenvalue weighted by Crippen LogP contribution is 2.33. The van der Waals surface area contributed by atoms with Gasteiger partial charge in [-0.3, -0.25) is 19.5 Å². The van der Waals surface area contributed by atoms with Crippen LogP contribution in [0.1, 0.15) is 47.8 Å². The number of hydrogen-bond donors (Lipinski definition) is 3. The van der Waals surface area contributed by atoms with Crippen LogP contribution in [0.3, 0.4) is 0 Å². The molecule has 10 heteroatoms. The molecular formula is C37H34N4O6. The molecule has 1 aromatic heterocycles. The average Bonchev–Trinajstić information content (AvgIpc) is 3.10. The Morgan fingerprint density at radius 1 is 0.830 bits per heavy atom. The number of rotatable bonds is 10. The predicted octanol–water partition coefficient (Wildman–Crippen LogP) is 6.06. The lowest BCUT2D eigenvalue weighted by atomic mass is 9.98. The Kier molecular flexibility index (Phi) is 9.12. The topological polar surface area (TPSA) is 130 Å². The van der Waals surface area contributed by atoms with Crippen molar-refractivity contribution in [1.29, 1.82) is 0 Å². The first-order valence-electron chi connectivity index (χ1n) is 15.2. The van der Waals surface area contributed by atoms with Crippen LogP contribution in [0, 0.1) is 0 Å². The maximum atomic E-state index is 13.2. The van der Waals surface area contributed by atoms with Crippen LogP contribution in [0.25, 0.3) is 10.9 Å². The first kappa shape index (κ1) is 31.3. The number of carbonyl (C=O) groups excluding carboxylic acids is 2. The van der Waals surface area contributed by atoms with Crippen LogP contribution >= 0.6 is 0 Å². The lowest BCUT2D eigenvalue weighted by Gasteiger charge is -2.29. The third-order valence-electron chi connectivity index (χ3n) is 8.35. The fourth-order valence-electron chi connectivity index (χ4n) is 5.76. The van der Waals surface area contributed by atoms with E-state index in [9.17, 15) is 19.5 Å². The number of benzene rings is 4. The summed E-state index contributed by atoms with van der Waals surface area (Å²) in [7, 11) is 3.30. The number of anilines is 2. The fraction of sp³-hybridized carbons (Fsp3) is 0.189. The molecule has 2 amide bonds. The fourth-order valence-corrected chi connectivity index (χ4v) is 5.76. The minimum Gasteiger partial charge on any atom is -0.493 e. The van der Waals surface area contributed by atoms with Gasteiger partial charge >= 0.3 is 5.97 Å². The molecule has 0 saturated carbocycles. The largest absolute Gasteiger partial charge is 0.493 e. The van der Waals surface area contributed by atoms with E-state index < -0.39 is 17.8 Å². The molecule has 4 aromatic carbocycles. The Hall–Kier alpha value is -5.74. The highest BCUT2D eigenvalue weighted by atomic mass is 16.5. The molecular weight excluding hydrogens is 596 g/mol. The van der Waals surface area contributed by atoms with Crippen molar-refractivity contribution in [2.45, 2.75) is 19.4 Å². The standard InChI is InChI=1S/C37H34N4O6/c1-46-33-20-24-14-17-41(22-28(24)21-34(33)47-2)16-13-23-5-9-29(10-6-23)39-35(42)27-7-11-30(37(44)45)32(19-27)40-36(43)26-8-12-31-25(18-26)4-3-15-38-31/h3-12,15,18-21H,13-14,16-17,22H2,1-2H3,(H,39,42)(H,40,43)(H,44,45). The number of hydrogen-bond acceptors (Lipinski definition) is 7. The van der Waals surface area contributed by atoms with E-state index in [0.29, 0.717) is 11.3 Å². The minimum atomic E-state index is -1.22. The summed E-state index contributed by atoms with van der Waals surface area (Å²) in [5.74, 6) is -0.657. The van der Waals surface area contributed by atoms with Gasteiger partial charge < -0.3 is 25.2 Å². The molecule has 6 rings (SSSR count). The Balaban J connectivity index is 1.08. The first-order chi connectivity index (χ1) is 22.8. The van der Waals surface area contributed by atoms with Crippen LogP contribution in [-0.2, 0) is 19.4 Å². The van der Waals surface area contributed by atoms with Crippen LogP contribution in [0.15, 0.2) is 91.1 Å². The maximum absolute atomic E-state index is 13.2. The molecule has 0 fully saturated rings. The number of fused-ring (bicyclic) bond motifs is 2. The van der Waals surface area contributed by atoms with Gasteiger partial charge in [0.1, 0.15) is 0 Å². The summed E-state index contributed by atoms with van der Waals surface area (Å²) in [6.07, 6.45) is 3.46. The van der Waals surface area contributed by atoms with Crippen molar-refractivity contribution in [1.82, 2.24) is 9.88 Å². The lowest BCUT2D eigenvalue weighted by molar-refractivity contribution is 0.0697. The SMILES string of the molecule is COc1cc2c(cc1OC)CN(CCc1ccc(NC(=O)c3ccc(C(=O)O)c(NC(=O)c4ccc5ncccc5c4)c3)cc1)CC2. The van der Waals surface area contributed by atoms with Gasteiger partial charge in [0, 0.05) is 48.0 Å². The van der Waals surface area contributed by atoms with Crippen molar-refractivity contribution < 1.29 is 29.0 Å². The van der Waals surface area contributed by atoms with Crippen molar-refractivity contribution in [3.8, 4) is 11.5 Å². The Labute approximate surface area is 272 Å². The average molecular weight is 631 g/mol. The number of aromatic nitrogens is 1. The molecule has 1 aliphatic rings. The Bertz CT molecular complexity index is 1970. The van der Waals surface area contributed by atoms with Crippen molar-refractivity contribution in [3.05, 3.63) is 125 Å². The number of nitrogens with zero attached hydrogens (tertiary/aromatic N) is 2. The summed E-state index contributed by atoms with van der Waals surface area (Å²) in [5, 5.41) is 16.0. The van der Waals surface area contributed by atoms with Gasteiger partial charge in [-0.05, 0) is 96.3 Å². The second kappa shape index (κ2) is 13.7. The Morgan fingerprint density at radius 2 is 1.53 bits per heavy atom. The van der Waals surface area contributed by atoms with Crippen molar-refractivity contribution >= 4 is 40.1 Å². The van der Waals surface area contributed by atoms with Gasteiger partial charge in [0.05, 0.1) is 31.0 Å². The molecule has 0 spiro atoms. The van der Waals surface area contributed by atoms with Crippen LogP contribution in [-0.4, -0.2) is 60.1 Å². The minimum absolute atomic E-state index is 0.0229. The zero-order chi connectivity index (χ0) is 32.9. The molecule has 47 heavy (non-hydrogen) atoms. The molecule has 0 saturated heterocycles. The summed E-state index contributed by atoms with van der Waals surface area (Å²) in [6, 6.07) is 24.5. The van der Waals surface area contributed by atoms with E-state index in [0.717, 1.165) is 60.4 Å². The molecule has 10 nitrogen and oxygen atoms in total. The maximum Gasteiger partial charge on any atom is 0.337 e. The second-order valence-corrected chi connectivity index (χ2v) is 11.3. The predicted molar refractivity (Wildman–Crippen MR) is 180 cm³/mol. The van der Waals surface area contributed by atoms with E-state index in [1.807, 2.05) is 30.3 Å². The van der Waals surface area contributed by atoms with E-state index in [-0.39, 0.29) is 16.8 Å². The number of ether oxygens (including phenoxy) is 2. The van der Waals surface area contributed by atoms with Gasteiger partial charge in [0.25, 0.3) is 11.8 Å². The lowest BCUT2D eigenvalue weighted by Crippen LogP contribution is -2.32. The summed E-state index contributed by atoms with van der Waals surface area (Å²) in [4.78, 5) is 44.8. The zero-order valence-corrected chi connectivity index (χ0v) is 26.1. The highest BCUT2D eigenvalue weighted by molar-refractivity contribution is 6.11. The number of carboxylic acids is 1. The number of methoxy groups -OCH3 is 2. The molecule has 238 valence electrons. The number of amides is 2. The van der Waals surface area contributed by atoms with Crippen molar-refractivity contribution in [2.75, 3.05) is 37.9 Å². The van der Waals surface area contributed by atoms with Gasteiger partial charge in [-0.25, -0.2) is 4.79 Å². The molecule has 0 bridgehead atoms. The Morgan fingerprint density at radius 3 is 2.28 bits per heavy atom. The zero-order valence-electron chi connectivity index (χ0n) is 26.1. The van der Waals surface area contributed by atoms with Gasteiger partial charge in [0.15, 0.2) is 11.5 Å². The third-order valence-corrected chi connectivity index (χ3v) is 8.35. The van der Waals surface area contributed by atoms with E-state index in [4.69, 9.17) is 9.47 Å². The molecule has 2 heterocycles. The first-order valence-corrected chi connectivity index (χ1v) is 15.2. The smallest absolute Gasteiger partial charge is 0.337 e. The summed E-state index contributed by atoms with van der Waals surface area (Å²) in [5.41, 5.74) is 5.45. The quantitative estimate of drug-likeness (QED) is 0.170. The number of aromatic carboxylic acids is 1. The van der Waals surface area contributed by atoms with Crippen LogP contribution in [0.4, 0.5) is 11.4 Å².